The van der Waals surface area contributed by atoms with Crippen LogP contribution in [0.25, 0.3) is 0 Å². The van der Waals surface area contributed by atoms with Gasteiger partial charge in [-0.2, -0.15) is 0 Å². The fourth-order valence-corrected chi connectivity index (χ4v) is 3.57. The molecule has 114 valence electrons. The molecule has 3 rings (SSSR count). The van der Waals surface area contributed by atoms with E-state index < -0.39 is 0 Å². The van der Waals surface area contributed by atoms with Gasteiger partial charge >= 0.3 is 0 Å². The second-order valence-corrected chi connectivity index (χ2v) is 6.00. The van der Waals surface area contributed by atoms with Gasteiger partial charge in [-0.15, -0.1) is 0 Å². The van der Waals surface area contributed by atoms with Crippen molar-refractivity contribution >= 4 is 5.91 Å². The molecule has 4 heteroatoms. The average Bonchev–Trinajstić information content (AvgIpc) is 3.16. The minimum absolute atomic E-state index is 0.194. The molecular formula is C17H25N3O. The highest BCUT2D eigenvalue weighted by atomic mass is 16.2. The Kier molecular flexibility index (Phi) is 4.27. The van der Waals surface area contributed by atoms with Gasteiger partial charge in [0.15, 0.2) is 0 Å². The lowest BCUT2D eigenvalue weighted by Crippen LogP contribution is -2.38. The van der Waals surface area contributed by atoms with E-state index in [4.69, 9.17) is 0 Å². The van der Waals surface area contributed by atoms with Crippen molar-refractivity contribution in [3.63, 3.8) is 0 Å². The predicted molar refractivity (Wildman–Crippen MR) is 84.2 cm³/mol. The monoisotopic (exact) mass is 287 g/mol. The van der Waals surface area contributed by atoms with E-state index in [-0.39, 0.29) is 5.91 Å². The summed E-state index contributed by atoms with van der Waals surface area (Å²) < 4.78 is 0. The quantitative estimate of drug-likeness (QED) is 0.918. The van der Waals surface area contributed by atoms with Crippen LogP contribution in [0.2, 0.25) is 0 Å². The zero-order chi connectivity index (χ0) is 14.8. The molecule has 1 unspecified atom stereocenters. The van der Waals surface area contributed by atoms with Gasteiger partial charge in [-0.05, 0) is 42.8 Å². The summed E-state index contributed by atoms with van der Waals surface area (Å²) in [5, 5.41) is 3.33. The number of carbonyl (C=O) groups is 1. The number of hydrogen-bond acceptors (Lipinski definition) is 3. The van der Waals surface area contributed by atoms with E-state index in [9.17, 15) is 4.79 Å². The molecule has 1 aromatic carbocycles. The first-order valence-corrected chi connectivity index (χ1v) is 8.08. The van der Waals surface area contributed by atoms with Crippen LogP contribution in [0.5, 0.6) is 0 Å². The van der Waals surface area contributed by atoms with Crippen LogP contribution in [0.1, 0.15) is 41.8 Å². The molecule has 0 spiro atoms. The molecule has 0 saturated carbocycles. The summed E-state index contributed by atoms with van der Waals surface area (Å²) in [7, 11) is 0. The maximum Gasteiger partial charge on any atom is 0.253 e. The van der Waals surface area contributed by atoms with E-state index in [1.165, 1.54) is 11.1 Å². The molecule has 0 bridgehead atoms. The molecule has 1 aromatic rings. The third kappa shape index (κ3) is 2.83. The lowest BCUT2D eigenvalue weighted by molar-refractivity contribution is 0.0778. The zero-order valence-electron chi connectivity index (χ0n) is 13.1. The summed E-state index contributed by atoms with van der Waals surface area (Å²) in [4.78, 5) is 17.2. The van der Waals surface area contributed by atoms with Gasteiger partial charge in [0.25, 0.3) is 5.91 Å². The van der Waals surface area contributed by atoms with Gasteiger partial charge in [0, 0.05) is 37.8 Å². The van der Waals surface area contributed by atoms with Gasteiger partial charge in [-0.1, -0.05) is 19.9 Å². The molecule has 2 aliphatic heterocycles. The van der Waals surface area contributed by atoms with Gasteiger partial charge in [0.2, 0.25) is 0 Å². The first kappa shape index (κ1) is 14.5. The highest BCUT2D eigenvalue weighted by molar-refractivity contribution is 5.94. The molecule has 4 nitrogen and oxygen atoms in total. The third-order valence-corrected chi connectivity index (χ3v) is 4.86. The molecule has 2 aliphatic rings. The van der Waals surface area contributed by atoms with E-state index >= 15 is 0 Å². The largest absolute Gasteiger partial charge is 0.337 e. The number of benzene rings is 1. The van der Waals surface area contributed by atoms with Crippen molar-refractivity contribution < 1.29 is 4.79 Å². The van der Waals surface area contributed by atoms with Crippen molar-refractivity contribution in [2.75, 3.05) is 26.2 Å². The maximum atomic E-state index is 12.7. The molecule has 2 heterocycles. The van der Waals surface area contributed by atoms with E-state index in [0.29, 0.717) is 6.04 Å². The molecular weight excluding hydrogens is 262 g/mol. The van der Waals surface area contributed by atoms with E-state index in [0.717, 1.165) is 51.3 Å². The Bertz CT molecular complexity index is 525. The summed E-state index contributed by atoms with van der Waals surface area (Å²) in [5.74, 6) is 0.194. The maximum absolute atomic E-state index is 12.7. The summed E-state index contributed by atoms with van der Waals surface area (Å²) in [6.45, 7) is 10.1. The molecule has 0 aromatic heterocycles. The smallest absolute Gasteiger partial charge is 0.253 e. The van der Waals surface area contributed by atoms with Gasteiger partial charge in [-0.3, -0.25) is 9.69 Å². The second-order valence-electron chi connectivity index (χ2n) is 6.00. The predicted octanol–water partition coefficient (Wildman–Crippen LogP) is 1.85. The summed E-state index contributed by atoms with van der Waals surface area (Å²) in [5.41, 5.74) is 3.45. The summed E-state index contributed by atoms with van der Waals surface area (Å²) in [6.07, 6.45) is 1.10. The fraction of sp³-hybridized carbons (Fsp3) is 0.588. The Morgan fingerprint density at radius 3 is 2.81 bits per heavy atom. The van der Waals surface area contributed by atoms with Crippen LogP contribution in [0, 0.1) is 0 Å². The Balaban J connectivity index is 1.69. The van der Waals surface area contributed by atoms with Crippen LogP contribution in [0.3, 0.4) is 0 Å². The zero-order valence-corrected chi connectivity index (χ0v) is 13.1. The number of likely N-dealkylation sites (N-methyl/N-ethyl adjacent to an activating group) is 1. The second kappa shape index (κ2) is 6.16. The van der Waals surface area contributed by atoms with Crippen LogP contribution in [-0.2, 0) is 13.1 Å². The van der Waals surface area contributed by atoms with Crippen LogP contribution in [0.4, 0.5) is 0 Å². The van der Waals surface area contributed by atoms with Gasteiger partial charge in [-0.25, -0.2) is 0 Å². The van der Waals surface area contributed by atoms with Gasteiger partial charge < -0.3 is 10.2 Å². The average molecular weight is 287 g/mol. The normalized spacial score (nSPS) is 21.1. The number of nitrogens with one attached hydrogen (secondary N) is 1. The number of fused-ring (bicyclic) bond motifs is 1. The van der Waals surface area contributed by atoms with Crippen molar-refractivity contribution in [2.45, 2.75) is 39.4 Å². The number of likely N-dealkylation sites (tertiary alicyclic amines) is 1. The first-order chi connectivity index (χ1) is 10.2. The molecule has 1 saturated heterocycles. The topological polar surface area (TPSA) is 35.6 Å². The van der Waals surface area contributed by atoms with Crippen LogP contribution in [0.15, 0.2) is 18.2 Å². The minimum Gasteiger partial charge on any atom is -0.337 e. The van der Waals surface area contributed by atoms with Crippen molar-refractivity contribution in [2.24, 2.45) is 0 Å². The number of rotatable bonds is 4. The van der Waals surface area contributed by atoms with Crippen molar-refractivity contribution in [1.82, 2.24) is 15.1 Å². The van der Waals surface area contributed by atoms with Crippen LogP contribution in [-0.4, -0.2) is 47.9 Å². The lowest BCUT2D eigenvalue weighted by Gasteiger charge is -2.26. The van der Waals surface area contributed by atoms with Gasteiger partial charge in [0.1, 0.15) is 0 Å². The fourth-order valence-electron chi connectivity index (χ4n) is 3.57. The van der Waals surface area contributed by atoms with Crippen LogP contribution < -0.4 is 5.32 Å². The SMILES string of the molecule is CCN(CC)C1CCN(C(=O)c2ccc3c(c2)CNC3)C1. The summed E-state index contributed by atoms with van der Waals surface area (Å²) in [6, 6.07) is 6.68. The number of amides is 1. The molecule has 1 atom stereocenters. The first-order valence-electron chi connectivity index (χ1n) is 8.08. The van der Waals surface area contributed by atoms with E-state index in [1.54, 1.807) is 0 Å². The Morgan fingerprint density at radius 2 is 2.05 bits per heavy atom. The molecule has 0 aliphatic carbocycles. The Hall–Kier alpha value is -1.39. The molecule has 21 heavy (non-hydrogen) atoms. The molecule has 0 radical (unpaired) electrons. The number of nitrogens with zero attached hydrogens (tertiary/aromatic N) is 2. The van der Waals surface area contributed by atoms with Crippen LogP contribution >= 0.6 is 0 Å². The number of carbonyl (C=O) groups excluding carboxylic acids is 1. The minimum atomic E-state index is 0.194. The van der Waals surface area contributed by atoms with E-state index in [2.05, 4.69) is 36.2 Å². The highest BCUT2D eigenvalue weighted by Crippen LogP contribution is 2.21. The van der Waals surface area contributed by atoms with E-state index in [1.807, 2.05) is 11.0 Å². The molecule has 1 amide bonds. The molecule has 1 N–H and O–H groups in total. The highest BCUT2D eigenvalue weighted by Gasteiger charge is 2.30. The number of hydrogen-bond donors (Lipinski definition) is 1. The van der Waals surface area contributed by atoms with Gasteiger partial charge in [0.05, 0.1) is 0 Å². The van der Waals surface area contributed by atoms with Crippen molar-refractivity contribution in [1.29, 1.82) is 0 Å². The van der Waals surface area contributed by atoms with Crippen molar-refractivity contribution in [3.8, 4) is 0 Å². The standard InChI is InChI=1S/C17H25N3O/c1-3-19(4-2)16-7-8-20(12-16)17(21)13-5-6-14-10-18-11-15(14)9-13/h5-6,9,16,18H,3-4,7-8,10-12H2,1-2H3. The Labute approximate surface area is 127 Å². The van der Waals surface area contributed by atoms with Crippen molar-refractivity contribution in [3.05, 3.63) is 34.9 Å². The summed E-state index contributed by atoms with van der Waals surface area (Å²) >= 11 is 0. The molecule has 1 fully saturated rings. The Morgan fingerprint density at radius 1 is 1.29 bits per heavy atom. The third-order valence-electron chi connectivity index (χ3n) is 4.86. The lowest BCUT2D eigenvalue weighted by atomic mass is 10.1.